The van der Waals surface area contributed by atoms with E-state index in [0.29, 0.717) is 4.88 Å². The summed E-state index contributed by atoms with van der Waals surface area (Å²) in [5.41, 5.74) is 2.69. The molecule has 0 spiro atoms. The van der Waals surface area contributed by atoms with Crippen molar-refractivity contribution >= 4 is 34.3 Å². The first-order chi connectivity index (χ1) is 10.7. The molecule has 1 aliphatic rings. The van der Waals surface area contributed by atoms with Crippen LogP contribution in [0, 0.1) is 5.82 Å². The minimum atomic E-state index is -0.419. The maximum Gasteiger partial charge on any atom is 0.265 e. The Morgan fingerprint density at radius 1 is 1.18 bits per heavy atom. The largest absolute Gasteiger partial charge is 0.319 e. The van der Waals surface area contributed by atoms with Gasteiger partial charge >= 0.3 is 0 Å². The van der Waals surface area contributed by atoms with Crippen molar-refractivity contribution in [2.24, 2.45) is 0 Å². The van der Waals surface area contributed by atoms with Gasteiger partial charge in [-0.1, -0.05) is 12.1 Å². The SMILES string of the molecule is O=C(Nc1ccccc1F)c1cc2c(s1)-c1ccsc1CC2. The van der Waals surface area contributed by atoms with E-state index in [1.165, 1.54) is 38.3 Å². The predicted molar refractivity (Wildman–Crippen MR) is 89.4 cm³/mol. The molecule has 2 nitrogen and oxygen atoms in total. The number of fused-ring (bicyclic) bond motifs is 3. The second-order valence-electron chi connectivity index (χ2n) is 5.16. The van der Waals surface area contributed by atoms with Gasteiger partial charge in [-0.25, -0.2) is 4.39 Å². The van der Waals surface area contributed by atoms with E-state index < -0.39 is 5.82 Å². The second kappa shape index (κ2) is 5.34. The molecule has 0 fully saturated rings. The number of carbonyl (C=O) groups is 1. The monoisotopic (exact) mass is 329 g/mol. The van der Waals surface area contributed by atoms with E-state index in [9.17, 15) is 9.18 Å². The lowest BCUT2D eigenvalue weighted by atomic mass is 9.98. The molecule has 1 aliphatic carbocycles. The lowest BCUT2D eigenvalue weighted by molar-refractivity contribution is 0.103. The number of halogens is 1. The molecule has 0 unspecified atom stereocenters. The minimum absolute atomic E-state index is 0.218. The Morgan fingerprint density at radius 3 is 2.91 bits per heavy atom. The number of amides is 1. The highest BCUT2D eigenvalue weighted by atomic mass is 32.1. The molecular formula is C17H12FNOS2. The highest BCUT2D eigenvalue weighted by Gasteiger charge is 2.22. The van der Waals surface area contributed by atoms with Crippen molar-refractivity contribution in [1.29, 1.82) is 0 Å². The number of rotatable bonds is 2. The number of thiophene rings is 2. The summed E-state index contributed by atoms with van der Waals surface area (Å²) in [6.45, 7) is 0. The van der Waals surface area contributed by atoms with Gasteiger partial charge < -0.3 is 5.32 Å². The van der Waals surface area contributed by atoms with Gasteiger partial charge in [0.2, 0.25) is 0 Å². The van der Waals surface area contributed by atoms with Crippen molar-refractivity contribution in [2.45, 2.75) is 12.8 Å². The Labute approximate surface area is 135 Å². The van der Waals surface area contributed by atoms with Gasteiger partial charge in [0, 0.05) is 15.3 Å². The Morgan fingerprint density at radius 2 is 2.05 bits per heavy atom. The quantitative estimate of drug-likeness (QED) is 0.707. The van der Waals surface area contributed by atoms with Crippen LogP contribution < -0.4 is 5.32 Å². The van der Waals surface area contributed by atoms with E-state index in [-0.39, 0.29) is 11.6 Å². The van der Waals surface area contributed by atoms with Gasteiger partial charge in [0.1, 0.15) is 5.82 Å². The molecular weight excluding hydrogens is 317 g/mol. The maximum atomic E-state index is 13.6. The van der Waals surface area contributed by atoms with Gasteiger partial charge in [-0.3, -0.25) is 4.79 Å². The van der Waals surface area contributed by atoms with Crippen LogP contribution in [0.15, 0.2) is 41.8 Å². The molecule has 0 saturated carbocycles. The smallest absolute Gasteiger partial charge is 0.265 e. The first-order valence-electron chi connectivity index (χ1n) is 6.97. The summed E-state index contributed by atoms with van der Waals surface area (Å²) in [7, 11) is 0. The van der Waals surface area contributed by atoms with E-state index in [4.69, 9.17) is 0 Å². The Bertz CT molecular complexity index is 865. The fraction of sp³-hybridized carbons (Fsp3) is 0.118. The third-order valence-corrected chi connectivity index (χ3v) is 5.96. The maximum absolute atomic E-state index is 13.6. The summed E-state index contributed by atoms with van der Waals surface area (Å²) in [6.07, 6.45) is 2.00. The average molecular weight is 329 g/mol. The number of hydrogen-bond acceptors (Lipinski definition) is 3. The highest BCUT2D eigenvalue weighted by Crippen LogP contribution is 2.41. The molecule has 1 aromatic carbocycles. The zero-order chi connectivity index (χ0) is 15.1. The summed E-state index contributed by atoms with van der Waals surface area (Å²) < 4.78 is 13.6. The van der Waals surface area contributed by atoms with E-state index in [1.54, 1.807) is 29.5 Å². The summed E-state index contributed by atoms with van der Waals surface area (Å²) in [5, 5.41) is 4.75. The number of hydrogen-bond donors (Lipinski definition) is 1. The van der Waals surface area contributed by atoms with Crippen LogP contribution in [0.3, 0.4) is 0 Å². The van der Waals surface area contributed by atoms with E-state index >= 15 is 0 Å². The Hall–Kier alpha value is -1.98. The van der Waals surface area contributed by atoms with Crippen molar-refractivity contribution < 1.29 is 9.18 Å². The topological polar surface area (TPSA) is 29.1 Å². The third-order valence-electron chi connectivity index (χ3n) is 3.77. The average Bonchev–Trinajstić information content (AvgIpc) is 3.14. The standard InChI is InChI=1S/C17H12FNOS2/c18-12-3-1-2-4-13(12)19-17(20)15-9-10-5-6-14-11(7-8-21-14)16(10)22-15/h1-4,7-9H,5-6H2,(H,19,20). The van der Waals surface area contributed by atoms with E-state index in [0.717, 1.165) is 12.8 Å². The molecule has 0 atom stereocenters. The van der Waals surface area contributed by atoms with Crippen molar-refractivity contribution in [1.82, 2.24) is 0 Å². The fourth-order valence-corrected chi connectivity index (χ4v) is 4.79. The van der Waals surface area contributed by atoms with Gasteiger partial charge in [-0.15, -0.1) is 22.7 Å². The number of para-hydroxylation sites is 1. The second-order valence-corrected chi connectivity index (χ2v) is 7.21. The van der Waals surface area contributed by atoms with Crippen LogP contribution in [0.4, 0.5) is 10.1 Å². The minimum Gasteiger partial charge on any atom is -0.319 e. The zero-order valence-corrected chi connectivity index (χ0v) is 13.2. The normalized spacial score (nSPS) is 12.6. The van der Waals surface area contributed by atoms with Crippen LogP contribution in [0.5, 0.6) is 0 Å². The van der Waals surface area contributed by atoms with Crippen molar-refractivity contribution in [3.05, 3.63) is 62.9 Å². The van der Waals surface area contributed by atoms with Gasteiger partial charge in [0.25, 0.3) is 5.91 Å². The van der Waals surface area contributed by atoms with Gasteiger partial charge in [0.05, 0.1) is 10.6 Å². The molecule has 2 aromatic heterocycles. The predicted octanol–water partition coefficient (Wildman–Crippen LogP) is 4.97. The molecule has 3 aromatic rings. The molecule has 22 heavy (non-hydrogen) atoms. The highest BCUT2D eigenvalue weighted by molar-refractivity contribution is 7.18. The van der Waals surface area contributed by atoms with Crippen LogP contribution in [0.25, 0.3) is 10.4 Å². The Balaban J connectivity index is 1.65. The van der Waals surface area contributed by atoms with E-state index in [2.05, 4.69) is 16.8 Å². The summed E-state index contributed by atoms with van der Waals surface area (Å²) in [6, 6.07) is 10.3. The van der Waals surface area contributed by atoms with Gasteiger partial charge in [0.15, 0.2) is 0 Å². The fourth-order valence-electron chi connectivity index (χ4n) is 2.69. The molecule has 1 amide bonds. The molecule has 4 rings (SSSR count). The number of benzene rings is 1. The van der Waals surface area contributed by atoms with Crippen LogP contribution in [0.1, 0.15) is 20.1 Å². The summed E-state index contributed by atoms with van der Waals surface area (Å²) >= 11 is 3.26. The first kappa shape index (κ1) is 13.7. The molecule has 2 heterocycles. The lowest BCUT2D eigenvalue weighted by Gasteiger charge is -2.10. The number of carbonyl (C=O) groups excluding carboxylic acids is 1. The molecule has 0 bridgehead atoms. The zero-order valence-electron chi connectivity index (χ0n) is 11.6. The third kappa shape index (κ3) is 2.26. The lowest BCUT2D eigenvalue weighted by Crippen LogP contribution is -2.11. The van der Waals surface area contributed by atoms with Gasteiger partial charge in [-0.2, -0.15) is 0 Å². The first-order valence-corrected chi connectivity index (χ1v) is 8.67. The summed E-state index contributed by atoms with van der Waals surface area (Å²) in [5.74, 6) is -0.668. The van der Waals surface area contributed by atoms with Crippen LogP contribution in [0.2, 0.25) is 0 Å². The van der Waals surface area contributed by atoms with Crippen LogP contribution >= 0.6 is 22.7 Å². The molecule has 0 aliphatic heterocycles. The van der Waals surface area contributed by atoms with Crippen LogP contribution in [-0.4, -0.2) is 5.91 Å². The molecule has 0 radical (unpaired) electrons. The Kier molecular flexibility index (Phi) is 3.32. The van der Waals surface area contributed by atoms with Crippen molar-refractivity contribution in [3.63, 3.8) is 0 Å². The molecule has 5 heteroatoms. The van der Waals surface area contributed by atoms with Crippen molar-refractivity contribution in [3.8, 4) is 10.4 Å². The molecule has 1 N–H and O–H groups in total. The number of nitrogens with one attached hydrogen (secondary N) is 1. The van der Waals surface area contributed by atoms with Crippen molar-refractivity contribution in [2.75, 3.05) is 5.32 Å². The van der Waals surface area contributed by atoms with E-state index in [1.807, 2.05) is 6.07 Å². The summed E-state index contributed by atoms with van der Waals surface area (Å²) in [4.78, 5) is 15.6. The molecule has 0 saturated heterocycles. The molecule has 110 valence electrons. The number of anilines is 1. The van der Waals surface area contributed by atoms with Gasteiger partial charge in [-0.05, 0) is 48.1 Å². The number of aryl methyl sites for hydroxylation is 2. The van der Waals surface area contributed by atoms with Crippen LogP contribution in [-0.2, 0) is 12.8 Å².